The Kier molecular flexibility index (Phi) is 5.52. The molecule has 2 aromatic carbocycles. The van der Waals surface area contributed by atoms with Crippen molar-refractivity contribution in [1.82, 2.24) is 4.98 Å². The van der Waals surface area contributed by atoms with Crippen molar-refractivity contribution in [2.75, 3.05) is 10.6 Å². The van der Waals surface area contributed by atoms with Gasteiger partial charge in [-0.25, -0.2) is 18.6 Å². The van der Waals surface area contributed by atoms with E-state index in [-0.39, 0.29) is 22.8 Å². The lowest BCUT2D eigenvalue weighted by molar-refractivity contribution is 0.0697. The third kappa shape index (κ3) is 4.71. The Morgan fingerprint density at radius 2 is 1.85 bits per heavy atom. The molecule has 0 aliphatic rings. The average molecular weight is 390 g/mol. The van der Waals surface area contributed by atoms with Gasteiger partial charge in [0.25, 0.3) is 0 Å². The van der Waals surface area contributed by atoms with Crippen molar-refractivity contribution in [2.24, 2.45) is 0 Å². The van der Waals surface area contributed by atoms with Crippen molar-refractivity contribution in [2.45, 2.75) is 6.54 Å². The molecule has 8 heteroatoms. The fourth-order valence-electron chi connectivity index (χ4n) is 2.37. The summed E-state index contributed by atoms with van der Waals surface area (Å²) in [4.78, 5) is 15.6. The number of carbonyl (C=O) groups is 1. The van der Waals surface area contributed by atoms with Crippen LogP contribution in [0.2, 0.25) is 5.02 Å². The second-order valence-electron chi connectivity index (χ2n) is 5.65. The summed E-state index contributed by atoms with van der Waals surface area (Å²) in [6.07, 6.45) is 1.36. The van der Waals surface area contributed by atoms with Crippen LogP contribution in [-0.2, 0) is 6.54 Å². The van der Waals surface area contributed by atoms with E-state index in [1.807, 2.05) is 12.1 Å². The zero-order chi connectivity index (χ0) is 19.4. The Hall–Kier alpha value is -3.19. The van der Waals surface area contributed by atoms with Gasteiger partial charge in [-0.1, -0.05) is 23.7 Å². The lowest BCUT2D eigenvalue weighted by Crippen LogP contribution is -2.09. The fraction of sp³-hybridized carbons (Fsp3) is 0.0526. The molecule has 0 aliphatic carbocycles. The Morgan fingerprint density at radius 1 is 1.11 bits per heavy atom. The van der Waals surface area contributed by atoms with Gasteiger partial charge in [-0.2, -0.15) is 0 Å². The summed E-state index contributed by atoms with van der Waals surface area (Å²) in [5, 5.41) is 15.7. The summed E-state index contributed by atoms with van der Waals surface area (Å²) in [5.74, 6) is -2.52. The van der Waals surface area contributed by atoms with E-state index in [9.17, 15) is 18.7 Å². The molecule has 27 heavy (non-hydrogen) atoms. The van der Waals surface area contributed by atoms with Gasteiger partial charge in [0.1, 0.15) is 23.0 Å². The van der Waals surface area contributed by atoms with Crippen molar-refractivity contribution in [3.8, 4) is 0 Å². The third-order valence-corrected chi connectivity index (χ3v) is 3.95. The van der Waals surface area contributed by atoms with Gasteiger partial charge in [-0.15, -0.1) is 0 Å². The van der Waals surface area contributed by atoms with Crippen LogP contribution in [0.5, 0.6) is 0 Å². The summed E-state index contributed by atoms with van der Waals surface area (Å²) in [5.41, 5.74) is 1.08. The summed E-state index contributed by atoms with van der Waals surface area (Å²) in [6.45, 7) is 0.351. The maximum atomic E-state index is 13.8. The molecular formula is C19H14ClF2N3O2. The minimum Gasteiger partial charge on any atom is -0.478 e. The highest BCUT2D eigenvalue weighted by Gasteiger charge is 2.14. The maximum Gasteiger partial charge on any atom is 0.339 e. The highest BCUT2D eigenvalue weighted by Crippen LogP contribution is 2.24. The Labute approximate surface area is 158 Å². The molecule has 1 aromatic heterocycles. The zero-order valence-corrected chi connectivity index (χ0v) is 14.6. The van der Waals surface area contributed by atoms with Crippen LogP contribution in [0.4, 0.5) is 26.0 Å². The van der Waals surface area contributed by atoms with Crippen LogP contribution in [0, 0.1) is 11.6 Å². The van der Waals surface area contributed by atoms with Gasteiger partial charge in [0.2, 0.25) is 0 Å². The average Bonchev–Trinajstić information content (AvgIpc) is 2.64. The lowest BCUT2D eigenvalue weighted by atomic mass is 10.2. The van der Waals surface area contributed by atoms with E-state index >= 15 is 0 Å². The van der Waals surface area contributed by atoms with Gasteiger partial charge in [0.05, 0.1) is 17.6 Å². The molecule has 138 valence electrons. The van der Waals surface area contributed by atoms with Gasteiger partial charge in [-0.3, -0.25) is 0 Å². The molecule has 1 heterocycles. The number of rotatable bonds is 6. The Morgan fingerprint density at radius 3 is 2.52 bits per heavy atom. The predicted molar refractivity (Wildman–Crippen MR) is 99.6 cm³/mol. The van der Waals surface area contributed by atoms with Crippen LogP contribution in [0.3, 0.4) is 0 Å². The first-order valence-electron chi connectivity index (χ1n) is 7.86. The molecule has 0 unspecified atom stereocenters. The number of carboxylic acid groups (broad SMARTS) is 1. The van der Waals surface area contributed by atoms with Gasteiger partial charge < -0.3 is 15.7 Å². The molecule has 0 radical (unpaired) electrons. The van der Waals surface area contributed by atoms with Gasteiger partial charge in [0, 0.05) is 17.6 Å². The number of anilines is 3. The molecule has 0 spiro atoms. The summed E-state index contributed by atoms with van der Waals surface area (Å²) in [6, 6.07) is 11.4. The minimum absolute atomic E-state index is 0.0106. The van der Waals surface area contributed by atoms with Crippen LogP contribution in [0.15, 0.2) is 54.7 Å². The molecule has 5 nitrogen and oxygen atoms in total. The van der Waals surface area contributed by atoms with Crippen molar-refractivity contribution >= 4 is 34.8 Å². The Balaban J connectivity index is 1.79. The van der Waals surface area contributed by atoms with Gasteiger partial charge in [0.15, 0.2) is 0 Å². The standard InChI is InChI=1S/C19H14ClF2N3O2/c20-12-3-1-11(2-4-12)9-23-18-15(19(26)27)8-14(10-24-18)25-17-6-5-13(21)7-16(17)22/h1-8,10,25H,9H2,(H,23,24)(H,26,27). The maximum absolute atomic E-state index is 13.8. The minimum atomic E-state index is -1.19. The van der Waals surface area contributed by atoms with Crippen LogP contribution in [0.25, 0.3) is 0 Å². The van der Waals surface area contributed by atoms with Crippen LogP contribution < -0.4 is 10.6 Å². The smallest absolute Gasteiger partial charge is 0.339 e. The highest BCUT2D eigenvalue weighted by molar-refractivity contribution is 6.30. The molecule has 0 aliphatic heterocycles. The molecule has 0 fully saturated rings. The van der Waals surface area contributed by atoms with Crippen molar-refractivity contribution < 1.29 is 18.7 Å². The first kappa shape index (κ1) is 18.6. The molecular weight excluding hydrogens is 376 g/mol. The summed E-state index contributed by atoms with van der Waals surface area (Å²) in [7, 11) is 0. The monoisotopic (exact) mass is 389 g/mol. The molecule has 0 amide bonds. The molecule has 0 atom stereocenters. The lowest BCUT2D eigenvalue weighted by Gasteiger charge is -2.12. The summed E-state index contributed by atoms with van der Waals surface area (Å²) >= 11 is 5.83. The topological polar surface area (TPSA) is 74.2 Å². The number of halogens is 3. The normalized spacial score (nSPS) is 10.5. The van der Waals surface area contributed by atoms with Crippen molar-refractivity contribution in [1.29, 1.82) is 0 Å². The number of hydrogen-bond acceptors (Lipinski definition) is 4. The van der Waals surface area contributed by atoms with Gasteiger partial charge >= 0.3 is 5.97 Å². The number of nitrogens with one attached hydrogen (secondary N) is 2. The van der Waals surface area contributed by atoms with E-state index in [1.165, 1.54) is 18.3 Å². The molecule has 0 saturated heterocycles. The van der Waals surface area contributed by atoms with Crippen molar-refractivity contribution in [3.63, 3.8) is 0 Å². The number of aromatic carboxylic acids is 1. The van der Waals surface area contributed by atoms with E-state index in [2.05, 4.69) is 15.6 Å². The predicted octanol–water partition coefficient (Wildman–Crippen LogP) is 5.07. The highest BCUT2D eigenvalue weighted by atomic mass is 35.5. The first-order valence-corrected chi connectivity index (χ1v) is 8.24. The first-order chi connectivity index (χ1) is 12.9. The largest absolute Gasteiger partial charge is 0.478 e. The van der Waals surface area contributed by atoms with Crippen LogP contribution in [0.1, 0.15) is 15.9 Å². The van der Waals surface area contributed by atoms with E-state index in [0.717, 1.165) is 17.7 Å². The number of benzene rings is 2. The second kappa shape index (κ2) is 8.01. The number of aromatic nitrogens is 1. The molecule has 3 N–H and O–H groups in total. The molecule has 0 bridgehead atoms. The van der Waals surface area contributed by atoms with Crippen molar-refractivity contribution in [3.05, 3.63) is 82.5 Å². The van der Waals surface area contributed by atoms with E-state index < -0.39 is 17.6 Å². The second-order valence-corrected chi connectivity index (χ2v) is 6.09. The van der Waals surface area contributed by atoms with E-state index in [4.69, 9.17) is 11.6 Å². The SMILES string of the molecule is O=C(O)c1cc(Nc2ccc(F)cc2F)cnc1NCc1ccc(Cl)cc1. The number of pyridine rings is 1. The zero-order valence-electron chi connectivity index (χ0n) is 13.8. The van der Waals surface area contributed by atoms with Gasteiger partial charge in [-0.05, 0) is 35.9 Å². The van der Waals surface area contributed by atoms with E-state index in [1.54, 1.807) is 12.1 Å². The quantitative estimate of drug-likeness (QED) is 0.549. The molecule has 0 saturated carbocycles. The molecule has 3 rings (SSSR count). The molecule has 3 aromatic rings. The van der Waals surface area contributed by atoms with Crippen LogP contribution in [-0.4, -0.2) is 16.1 Å². The fourth-order valence-corrected chi connectivity index (χ4v) is 2.50. The third-order valence-electron chi connectivity index (χ3n) is 3.70. The Bertz CT molecular complexity index is 981. The number of carboxylic acids is 1. The van der Waals surface area contributed by atoms with Crippen LogP contribution >= 0.6 is 11.6 Å². The number of hydrogen-bond donors (Lipinski definition) is 3. The number of nitrogens with zero attached hydrogens (tertiary/aromatic N) is 1. The summed E-state index contributed by atoms with van der Waals surface area (Å²) < 4.78 is 26.7. The van der Waals surface area contributed by atoms with E-state index in [0.29, 0.717) is 11.6 Å².